The number of sulfonamides is 1. The molecule has 0 bridgehead atoms. The van der Waals surface area contributed by atoms with E-state index in [1.54, 1.807) is 0 Å². The third-order valence-electron chi connectivity index (χ3n) is 4.31. The first-order valence-electron chi connectivity index (χ1n) is 6.87. The molecule has 1 aromatic carbocycles. The lowest BCUT2D eigenvalue weighted by Crippen LogP contribution is -2.48. The van der Waals surface area contributed by atoms with E-state index in [9.17, 15) is 17.6 Å². The van der Waals surface area contributed by atoms with Gasteiger partial charge in [-0.1, -0.05) is 13.0 Å². The minimum atomic E-state index is -3.73. The van der Waals surface area contributed by atoms with Crippen molar-refractivity contribution in [2.24, 2.45) is 11.1 Å². The van der Waals surface area contributed by atoms with Crippen LogP contribution in [0.4, 0.5) is 4.39 Å². The Kier molecular flexibility index (Phi) is 4.34. The molecule has 1 aromatic rings. The molecule has 5 nitrogen and oxygen atoms in total. The molecule has 1 amide bonds. The first kappa shape index (κ1) is 15.9. The number of halogens is 1. The van der Waals surface area contributed by atoms with E-state index in [-0.39, 0.29) is 23.9 Å². The van der Waals surface area contributed by atoms with E-state index in [1.807, 2.05) is 6.92 Å². The second kappa shape index (κ2) is 5.73. The molecule has 1 heterocycles. The average molecular weight is 314 g/mol. The number of carbonyl (C=O) groups excluding carboxylic acids is 1. The van der Waals surface area contributed by atoms with Gasteiger partial charge in [0, 0.05) is 13.1 Å². The third-order valence-corrected chi connectivity index (χ3v) is 6.21. The number of hydrogen-bond donors (Lipinski definition) is 1. The lowest BCUT2D eigenvalue weighted by Gasteiger charge is -2.38. The number of benzene rings is 1. The zero-order valence-corrected chi connectivity index (χ0v) is 12.7. The molecule has 2 N–H and O–H groups in total. The Bertz CT molecular complexity index is 637. The van der Waals surface area contributed by atoms with Crippen LogP contribution in [-0.4, -0.2) is 31.7 Å². The zero-order valence-electron chi connectivity index (χ0n) is 11.9. The molecule has 1 aliphatic heterocycles. The number of amides is 1. The molecule has 0 spiro atoms. The molecule has 0 aliphatic carbocycles. The van der Waals surface area contributed by atoms with Crippen LogP contribution < -0.4 is 5.73 Å². The molecule has 2 rings (SSSR count). The number of primary amides is 1. The molecule has 0 saturated carbocycles. The molecule has 0 atom stereocenters. The smallest absolute Gasteiger partial charge is 0.243 e. The number of rotatable bonds is 4. The van der Waals surface area contributed by atoms with Crippen LogP contribution in [0.3, 0.4) is 0 Å². The number of carbonyl (C=O) groups is 1. The fourth-order valence-corrected chi connectivity index (χ4v) is 4.18. The maximum atomic E-state index is 13.2. The molecule has 0 aromatic heterocycles. The summed E-state index contributed by atoms with van der Waals surface area (Å²) in [6.07, 6.45) is 1.39. The minimum absolute atomic E-state index is 0.0643. The molecular formula is C14H19FN2O3S. The summed E-state index contributed by atoms with van der Waals surface area (Å²) in [5.74, 6) is -0.971. The van der Waals surface area contributed by atoms with Gasteiger partial charge in [-0.15, -0.1) is 0 Å². The van der Waals surface area contributed by atoms with Gasteiger partial charge < -0.3 is 5.73 Å². The summed E-state index contributed by atoms with van der Waals surface area (Å²) in [5, 5.41) is 0. The average Bonchev–Trinajstić information content (AvgIpc) is 2.47. The Morgan fingerprint density at radius 2 is 2.00 bits per heavy atom. The lowest BCUT2D eigenvalue weighted by molar-refractivity contribution is -0.130. The van der Waals surface area contributed by atoms with Gasteiger partial charge in [-0.25, -0.2) is 12.8 Å². The van der Waals surface area contributed by atoms with Crippen molar-refractivity contribution >= 4 is 15.9 Å². The van der Waals surface area contributed by atoms with Crippen LogP contribution in [0.1, 0.15) is 26.2 Å². The van der Waals surface area contributed by atoms with Crippen molar-refractivity contribution in [2.75, 3.05) is 13.1 Å². The van der Waals surface area contributed by atoms with Crippen LogP contribution in [0.25, 0.3) is 0 Å². The number of piperidine rings is 1. The highest BCUT2D eigenvalue weighted by atomic mass is 32.2. The van der Waals surface area contributed by atoms with Crippen molar-refractivity contribution in [3.63, 3.8) is 0 Å². The molecule has 1 fully saturated rings. The summed E-state index contributed by atoms with van der Waals surface area (Å²) in [6.45, 7) is 2.31. The molecule has 0 radical (unpaired) electrons. The van der Waals surface area contributed by atoms with Crippen LogP contribution in [0, 0.1) is 11.2 Å². The van der Waals surface area contributed by atoms with E-state index in [2.05, 4.69) is 0 Å². The van der Waals surface area contributed by atoms with Crippen molar-refractivity contribution in [2.45, 2.75) is 31.1 Å². The maximum Gasteiger partial charge on any atom is 0.243 e. The van der Waals surface area contributed by atoms with Gasteiger partial charge >= 0.3 is 0 Å². The van der Waals surface area contributed by atoms with Gasteiger partial charge in [0.15, 0.2) is 0 Å². The Hall–Kier alpha value is -1.47. The lowest BCUT2D eigenvalue weighted by atomic mass is 9.76. The van der Waals surface area contributed by atoms with Gasteiger partial charge in [0.2, 0.25) is 15.9 Å². The van der Waals surface area contributed by atoms with Gasteiger partial charge in [-0.2, -0.15) is 4.31 Å². The highest BCUT2D eigenvalue weighted by Crippen LogP contribution is 2.36. The van der Waals surface area contributed by atoms with Gasteiger partial charge in [0.1, 0.15) is 5.82 Å². The summed E-state index contributed by atoms with van der Waals surface area (Å²) in [6, 6.07) is 4.94. The monoisotopic (exact) mass is 314 g/mol. The topological polar surface area (TPSA) is 80.5 Å². The molecule has 116 valence electrons. The molecule has 21 heavy (non-hydrogen) atoms. The minimum Gasteiger partial charge on any atom is -0.369 e. The van der Waals surface area contributed by atoms with E-state index >= 15 is 0 Å². The summed E-state index contributed by atoms with van der Waals surface area (Å²) >= 11 is 0. The summed E-state index contributed by atoms with van der Waals surface area (Å²) in [5.41, 5.74) is 4.81. The van der Waals surface area contributed by atoms with E-state index < -0.39 is 21.3 Å². The molecule has 1 aliphatic rings. The predicted octanol–water partition coefficient (Wildman–Crippen LogP) is 1.49. The molecule has 7 heteroatoms. The van der Waals surface area contributed by atoms with Crippen molar-refractivity contribution < 1.29 is 17.6 Å². The Labute approximate surface area is 124 Å². The van der Waals surface area contributed by atoms with Crippen LogP contribution >= 0.6 is 0 Å². The van der Waals surface area contributed by atoms with Gasteiger partial charge in [0.25, 0.3) is 0 Å². The number of nitrogens with two attached hydrogens (primary N) is 1. The first-order chi connectivity index (χ1) is 9.82. The fraction of sp³-hybridized carbons (Fsp3) is 0.500. The largest absolute Gasteiger partial charge is 0.369 e. The summed E-state index contributed by atoms with van der Waals surface area (Å²) < 4.78 is 39.4. The Balaban J connectivity index is 2.20. The second-order valence-corrected chi connectivity index (χ2v) is 7.30. The van der Waals surface area contributed by atoms with Crippen molar-refractivity contribution in [3.05, 3.63) is 30.1 Å². The second-order valence-electron chi connectivity index (χ2n) is 5.36. The predicted molar refractivity (Wildman–Crippen MR) is 76.3 cm³/mol. The molecule has 0 unspecified atom stereocenters. The van der Waals surface area contributed by atoms with Crippen LogP contribution in [0.5, 0.6) is 0 Å². The SMILES string of the molecule is CCC1(C(N)=O)CCN(S(=O)(=O)c2cccc(F)c2)CC1. The summed E-state index contributed by atoms with van der Waals surface area (Å²) in [7, 11) is -3.73. The van der Waals surface area contributed by atoms with Crippen molar-refractivity contribution in [1.82, 2.24) is 4.31 Å². The summed E-state index contributed by atoms with van der Waals surface area (Å²) in [4.78, 5) is 11.5. The first-order valence-corrected chi connectivity index (χ1v) is 8.31. The quantitative estimate of drug-likeness (QED) is 0.914. The Morgan fingerprint density at radius 3 is 2.48 bits per heavy atom. The van der Waals surface area contributed by atoms with Crippen LogP contribution in [-0.2, 0) is 14.8 Å². The number of nitrogens with zero attached hydrogens (tertiary/aromatic N) is 1. The maximum absolute atomic E-state index is 13.2. The van der Waals surface area contributed by atoms with Gasteiger partial charge in [-0.3, -0.25) is 4.79 Å². The standard InChI is InChI=1S/C14H19FN2O3S/c1-2-14(13(16)18)6-8-17(9-7-14)21(19,20)12-5-3-4-11(15)10-12/h3-5,10H,2,6-9H2,1H3,(H2,16,18). The van der Waals surface area contributed by atoms with Crippen LogP contribution in [0.15, 0.2) is 29.2 Å². The van der Waals surface area contributed by atoms with E-state index in [0.29, 0.717) is 19.3 Å². The highest BCUT2D eigenvalue weighted by molar-refractivity contribution is 7.89. The third kappa shape index (κ3) is 2.94. The number of hydrogen-bond acceptors (Lipinski definition) is 3. The zero-order chi connectivity index (χ0) is 15.7. The van der Waals surface area contributed by atoms with Crippen molar-refractivity contribution in [3.8, 4) is 0 Å². The fourth-order valence-electron chi connectivity index (χ4n) is 2.71. The van der Waals surface area contributed by atoms with E-state index in [4.69, 9.17) is 5.73 Å². The van der Waals surface area contributed by atoms with Crippen LogP contribution in [0.2, 0.25) is 0 Å². The van der Waals surface area contributed by atoms with Gasteiger partial charge in [0.05, 0.1) is 10.3 Å². The van der Waals surface area contributed by atoms with Gasteiger partial charge in [-0.05, 0) is 37.5 Å². The molecular weight excluding hydrogens is 295 g/mol. The highest BCUT2D eigenvalue weighted by Gasteiger charge is 2.41. The van der Waals surface area contributed by atoms with E-state index in [1.165, 1.54) is 22.5 Å². The van der Waals surface area contributed by atoms with E-state index in [0.717, 1.165) is 6.07 Å². The normalized spacial score (nSPS) is 19.3. The van der Waals surface area contributed by atoms with Crippen molar-refractivity contribution in [1.29, 1.82) is 0 Å². The Morgan fingerprint density at radius 1 is 1.38 bits per heavy atom. The molecule has 1 saturated heterocycles.